The Morgan fingerprint density at radius 2 is 1.13 bits per heavy atom. The molecule has 0 aromatic heterocycles. The van der Waals surface area contributed by atoms with Crippen molar-refractivity contribution in [3.63, 3.8) is 0 Å². The third-order valence-electron chi connectivity index (χ3n) is 1.01. The van der Waals surface area contributed by atoms with Gasteiger partial charge in [0.15, 0.2) is 0 Å². The quantitative estimate of drug-likeness (QED) is 0.510. The van der Waals surface area contributed by atoms with E-state index in [0.717, 1.165) is 5.02 Å². The fourth-order valence-corrected chi connectivity index (χ4v) is 0.659. The minimum atomic E-state index is 0. The number of benzene rings is 1. The minimum Gasteiger partial charge on any atom is 6.00 e. The van der Waals surface area contributed by atoms with Crippen LogP contribution in [0.2, 0.25) is 5.02 Å². The van der Waals surface area contributed by atoms with E-state index in [-0.39, 0.29) is 17.4 Å². The van der Waals surface area contributed by atoms with Crippen molar-refractivity contribution >= 4 is 11.6 Å². The molecule has 0 aliphatic rings. The fourth-order valence-electron chi connectivity index (χ4n) is 0.533. The van der Waals surface area contributed by atoms with Gasteiger partial charge in [-0.15, -0.1) is 0 Å². The molecule has 15 heavy (non-hydrogen) atoms. The summed E-state index contributed by atoms with van der Waals surface area (Å²) in [6, 6.07) is 7.75. The van der Waals surface area contributed by atoms with Gasteiger partial charge in [0, 0.05) is 5.02 Å². The number of aryl methyl sites for hydroxylation is 1. The predicted octanol–water partition coefficient (Wildman–Crippen LogP) is 2.53. The second kappa shape index (κ2) is 23.2. The summed E-state index contributed by atoms with van der Waals surface area (Å²) in [5, 5.41) is 0.801. The number of rotatable bonds is 0. The van der Waals surface area contributed by atoms with Gasteiger partial charge in [0.25, 0.3) is 0 Å². The zero-order valence-electron chi connectivity index (χ0n) is 7.82. The standard InChI is InChI=1S/C7H7Cl.3CO.Cr/c1-6-2-4-7(8)5-3-6;3*1-2;/h2-5H,1H3;;;;/q;;;;+6. The molecule has 0 bridgehead atoms. The van der Waals surface area contributed by atoms with Crippen LogP contribution in [-0.2, 0) is 31.3 Å². The molecule has 0 saturated carbocycles. The molecule has 0 aliphatic carbocycles. The molecule has 1 aromatic carbocycles. The van der Waals surface area contributed by atoms with E-state index in [2.05, 4.69) is 20.0 Å². The minimum absolute atomic E-state index is 0. The largest absolute Gasteiger partial charge is 6.00 e. The molecule has 0 fully saturated rings. The third kappa shape index (κ3) is 19.6. The average Bonchev–Trinajstić information content (AvgIpc) is 2.31. The van der Waals surface area contributed by atoms with Gasteiger partial charge in [0.1, 0.15) is 0 Å². The summed E-state index contributed by atoms with van der Waals surface area (Å²) in [5.41, 5.74) is 1.24. The van der Waals surface area contributed by atoms with E-state index in [0.29, 0.717) is 0 Å². The van der Waals surface area contributed by atoms with Crippen molar-refractivity contribution in [3.8, 4) is 0 Å². The van der Waals surface area contributed by atoms with Gasteiger partial charge in [0.2, 0.25) is 0 Å². The Balaban J connectivity index is -0.0000000755. The van der Waals surface area contributed by atoms with Crippen molar-refractivity contribution in [2.45, 2.75) is 6.92 Å². The van der Waals surface area contributed by atoms with Gasteiger partial charge >= 0.3 is 51.3 Å². The van der Waals surface area contributed by atoms with E-state index in [1.54, 1.807) is 0 Å². The molecule has 0 amide bonds. The van der Waals surface area contributed by atoms with E-state index in [4.69, 9.17) is 25.6 Å². The van der Waals surface area contributed by atoms with Crippen LogP contribution in [0.1, 0.15) is 5.56 Å². The van der Waals surface area contributed by atoms with Crippen LogP contribution >= 0.6 is 11.6 Å². The molecule has 0 atom stereocenters. The maximum atomic E-state index is 7.50. The van der Waals surface area contributed by atoms with Gasteiger partial charge < -0.3 is 0 Å². The van der Waals surface area contributed by atoms with Gasteiger partial charge in [0.05, 0.1) is 0 Å². The van der Waals surface area contributed by atoms with Crippen LogP contribution in [0.3, 0.4) is 0 Å². The van der Waals surface area contributed by atoms with Crippen LogP contribution in [0.25, 0.3) is 0 Å². The predicted molar refractivity (Wildman–Crippen MR) is 48.0 cm³/mol. The number of halogens is 1. The smallest absolute Gasteiger partial charge is 6.00 e. The molecule has 1 rings (SSSR count). The Hall–Kier alpha value is -0.738. The Morgan fingerprint density at radius 3 is 1.33 bits per heavy atom. The maximum Gasteiger partial charge on any atom is 6.00 e. The van der Waals surface area contributed by atoms with Crippen LogP contribution in [-0.4, -0.2) is 0 Å². The monoisotopic (exact) mass is 262 g/mol. The maximum absolute atomic E-state index is 7.50. The molecular weight excluding hydrogens is 256 g/mol. The first kappa shape index (κ1) is 23.8. The van der Waals surface area contributed by atoms with Gasteiger partial charge in [-0.25, -0.2) is 0 Å². The van der Waals surface area contributed by atoms with E-state index in [1.807, 2.05) is 31.2 Å². The summed E-state index contributed by atoms with van der Waals surface area (Å²) < 4.78 is 22.5. The van der Waals surface area contributed by atoms with Crippen LogP contribution in [0.4, 0.5) is 0 Å². The van der Waals surface area contributed by atoms with E-state index in [9.17, 15) is 0 Å². The molecule has 1 aromatic rings. The fraction of sp³-hybridized carbons (Fsp3) is 0.100. The third-order valence-corrected chi connectivity index (χ3v) is 1.26. The summed E-state index contributed by atoms with van der Waals surface area (Å²) in [4.78, 5) is 0. The SMILES string of the molecule is Cc1ccc(Cl)cc1.[C-]#[O+].[C-]#[O+].[C-]#[O+].[Cr+6]. The zero-order chi connectivity index (χ0) is 12.0. The summed E-state index contributed by atoms with van der Waals surface area (Å²) >= 11 is 5.61. The summed E-state index contributed by atoms with van der Waals surface area (Å²) in [6.45, 7) is 15.5. The Labute approximate surface area is 105 Å². The molecule has 0 radical (unpaired) electrons. The van der Waals surface area contributed by atoms with Gasteiger partial charge in [-0.3, -0.25) is 0 Å². The van der Waals surface area contributed by atoms with E-state index in [1.165, 1.54) is 5.56 Å². The van der Waals surface area contributed by atoms with Crippen molar-refractivity contribution in [1.29, 1.82) is 0 Å². The van der Waals surface area contributed by atoms with Crippen molar-refractivity contribution in [2.24, 2.45) is 0 Å². The second-order valence-corrected chi connectivity index (χ2v) is 2.23. The summed E-state index contributed by atoms with van der Waals surface area (Å²) in [5.74, 6) is 0. The Kier molecular flexibility index (Phi) is 36.9. The van der Waals surface area contributed by atoms with Crippen LogP contribution in [0, 0.1) is 26.9 Å². The molecule has 0 N–H and O–H groups in total. The first-order valence-electron chi connectivity index (χ1n) is 3.12. The molecule has 0 unspecified atom stereocenters. The van der Waals surface area contributed by atoms with Crippen molar-refractivity contribution in [2.75, 3.05) is 0 Å². The molecule has 5 heteroatoms. The van der Waals surface area contributed by atoms with Crippen LogP contribution in [0.15, 0.2) is 24.3 Å². The molecule has 72 valence electrons. The van der Waals surface area contributed by atoms with Gasteiger partial charge in [-0.05, 0) is 19.1 Å². The normalized spacial score (nSPS) is 5.33. The second-order valence-electron chi connectivity index (χ2n) is 1.80. The first-order valence-corrected chi connectivity index (χ1v) is 3.50. The molecular formula is C10H7ClCrO3+6. The van der Waals surface area contributed by atoms with Gasteiger partial charge in [-0.1, -0.05) is 29.3 Å². The van der Waals surface area contributed by atoms with Crippen LogP contribution < -0.4 is 0 Å². The van der Waals surface area contributed by atoms with E-state index < -0.39 is 0 Å². The summed E-state index contributed by atoms with van der Waals surface area (Å²) in [7, 11) is 0. The summed E-state index contributed by atoms with van der Waals surface area (Å²) in [6.07, 6.45) is 0. The van der Waals surface area contributed by atoms with Crippen LogP contribution in [0.5, 0.6) is 0 Å². The molecule has 0 heterocycles. The van der Waals surface area contributed by atoms with Crippen molar-refractivity contribution in [1.82, 2.24) is 0 Å². The Bertz CT molecular complexity index is 242. The first-order chi connectivity index (χ1) is 6.79. The molecule has 0 saturated heterocycles. The zero-order valence-corrected chi connectivity index (χ0v) is 9.85. The Morgan fingerprint density at radius 1 is 0.867 bits per heavy atom. The number of hydrogen-bond acceptors (Lipinski definition) is 0. The number of hydrogen-bond donors (Lipinski definition) is 0. The average molecular weight is 263 g/mol. The molecule has 0 aliphatic heterocycles. The molecule has 0 spiro atoms. The molecule has 3 nitrogen and oxygen atoms in total. The topological polar surface area (TPSA) is 59.7 Å². The van der Waals surface area contributed by atoms with Crippen molar-refractivity contribution in [3.05, 3.63) is 54.8 Å². The van der Waals surface area contributed by atoms with E-state index >= 15 is 0 Å². The van der Waals surface area contributed by atoms with Crippen molar-refractivity contribution < 1.29 is 31.3 Å². The van der Waals surface area contributed by atoms with Gasteiger partial charge in [-0.2, -0.15) is 0 Å².